The summed E-state index contributed by atoms with van der Waals surface area (Å²) >= 11 is 11.7. The molecule has 1 nitrogen and oxygen atoms in total. The van der Waals surface area contributed by atoms with Crippen molar-refractivity contribution in [3.8, 4) is 0 Å². The number of benzene rings is 2. The van der Waals surface area contributed by atoms with Gasteiger partial charge in [-0.15, -0.1) is 0 Å². The van der Waals surface area contributed by atoms with E-state index in [0.29, 0.717) is 5.02 Å². The fourth-order valence-corrected chi connectivity index (χ4v) is 2.72. The van der Waals surface area contributed by atoms with Gasteiger partial charge in [0.15, 0.2) is 0 Å². The Morgan fingerprint density at radius 1 is 1.12 bits per heavy atom. The topological polar surface area (TPSA) is 26.0 Å². The van der Waals surface area contributed by atoms with Gasteiger partial charge in [0.2, 0.25) is 0 Å². The lowest BCUT2D eigenvalue weighted by Crippen LogP contribution is -2.13. The van der Waals surface area contributed by atoms with Crippen LogP contribution in [0.3, 0.4) is 0 Å². The molecule has 2 rings (SSSR count). The lowest BCUT2D eigenvalue weighted by Gasteiger charge is -2.15. The summed E-state index contributed by atoms with van der Waals surface area (Å²) in [6.45, 7) is 0. The van der Waals surface area contributed by atoms with E-state index in [1.54, 1.807) is 0 Å². The van der Waals surface area contributed by atoms with Crippen LogP contribution in [-0.4, -0.2) is 0 Å². The second kappa shape index (κ2) is 5.69. The molecule has 0 fully saturated rings. The van der Waals surface area contributed by atoms with Gasteiger partial charge in [-0.3, -0.25) is 0 Å². The van der Waals surface area contributed by atoms with E-state index in [0.717, 1.165) is 19.2 Å². The molecule has 17 heavy (non-hydrogen) atoms. The van der Waals surface area contributed by atoms with Crippen LogP contribution in [0, 0.1) is 3.57 Å². The zero-order valence-corrected chi connectivity index (χ0v) is 13.3. The van der Waals surface area contributed by atoms with Gasteiger partial charge < -0.3 is 5.73 Å². The zero-order valence-electron chi connectivity index (χ0n) is 8.83. The maximum absolute atomic E-state index is 6.26. The molecule has 0 heterocycles. The minimum atomic E-state index is -0.145. The lowest BCUT2D eigenvalue weighted by atomic mass is 10.00. The number of hydrogen-bond donors (Lipinski definition) is 1. The highest BCUT2D eigenvalue weighted by molar-refractivity contribution is 14.1. The Balaban J connectivity index is 2.39. The molecule has 0 spiro atoms. The van der Waals surface area contributed by atoms with Gasteiger partial charge in [-0.05, 0) is 64.0 Å². The van der Waals surface area contributed by atoms with Gasteiger partial charge in [-0.2, -0.15) is 0 Å². The summed E-state index contributed by atoms with van der Waals surface area (Å²) < 4.78 is 2.18. The van der Waals surface area contributed by atoms with E-state index in [2.05, 4.69) is 38.5 Å². The van der Waals surface area contributed by atoms with Gasteiger partial charge in [-0.1, -0.05) is 39.7 Å². The fourth-order valence-electron chi connectivity index (χ4n) is 1.60. The molecule has 0 radical (unpaired) electrons. The van der Waals surface area contributed by atoms with Gasteiger partial charge in [0, 0.05) is 13.1 Å². The van der Waals surface area contributed by atoms with Crippen LogP contribution < -0.4 is 5.73 Å². The first-order valence-corrected chi connectivity index (χ1v) is 7.29. The molecule has 88 valence electrons. The Morgan fingerprint density at radius 3 is 2.41 bits per heavy atom. The molecule has 2 N–H and O–H groups in total. The Labute approximate surface area is 128 Å². The molecule has 0 saturated carbocycles. The van der Waals surface area contributed by atoms with E-state index in [1.807, 2.05) is 42.5 Å². The van der Waals surface area contributed by atoms with Crippen molar-refractivity contribution in [3.05, 3.63) is 66.7 Å². The highest BCUT2D eigenvalue weighted by atomic mass is 127. The SMILES string of the molecule is NC(c1ccc(Br)cc1)c1cc(Cl)ccc1I. The third-order valence-corrected chi connectivity index (χ3v) is 4.27. The zero-order chi connectivity index (χ0) is 12.4. The summed E-state index contributed by atoms with van der Waals surface area (Å²) in [4.78, 5) is 0. The first kappa shape index (κ1) is 13.3. The van der Waals surface area contributed by atoms with E-state index < -0.39 is 0 Å². The molecule has 2 aromatic carbocycles. The van der Waals surface area contributed by atoms with Crippen molar-refractivity contribution in [2.75, 3.05) is 0 Å². The van der Waals surface area contributed by atoms with E-state index >= 15 is 0 Å². The highest BCUT2D eigenvalue weighted by Crippen LogP contribution is 2.27. The van der Waals surface area contributed by atoms with Crippen molar-refractivity contribution < 1.29 is 0 Å². The van der Waals surface area contributed by atoms with Crippen molar-refractivity contribution in [3.63, 3.8) is 0 Å². The van der Waals surface area contributed by atoms with Crippen LogP contribution in [0.15, 0.2) is 46.9 Å². The number of halogens is 3. The van der Waals surface area contributed by atoms with Crippen LogP contribution in [-0.2, 0) is 0 Å². The van der Waals surface area contributed by atoms with Crippen LogP contribution in [0.25, 0.3) is 0 Å². The largest absolute Gasteiger partial charge is 0.320 e. The minimum absolute atomic E-state index is 0.145. The van der Waals surface area contributed by atoms with Crippen LogP contribution in [0.2, 0.25) is 5.02 Å². The summed E-state index contributed by atoms with van der Waals surface area (Å²) in [6.07, 6.45) is 0. The van der Waals surface area contributed by atoms with Crippen LogP contribution in [0.1, 0.15) is 17.2 Å². The number of rotatable bonds is 2. The second-order valence-corrected chi connectivity index (χ2v) is 6.21. The van der Waals surface area contributed by atoms with E-state index in [4.69, 9.17) is 17.3 Å². The number of nitrogens with two attached hydrogens (primary N) is 1. The average molecular weight is 422 g/mol. The van der Waals surface area contributed by atoms with Gasteiger partial charge in [0.1, 0.15) is 0 Å². The third-order valence-electron chi connectivity index (χ3n) is 2.52. The molecule has 0 aliphatic carbocycles. The smallest absolute Gasteiger partial charge is 0.0562 e. The van der Waals surface area contributed by atoms with Crippen molar-refractivity contribution >= 4 is 50.1 Å². The number of hydrogen-bond acceptors (Lipinski definition) is 1. The van der Waals surface area contributed by atoms with Gasteiger partial charge in [0.25, 0.3) is 0 Å². The summed E-state index contributed by atoms with van der Waals surface area (Å²) in [5, 5.41) is 0.716. The van der Waals surface area contributed by atoms with Crippen LogP contribution in [0.5, 0.6) is 0 Å². The Hall–Kier alpha value is -0.100. The first-order valence-electron chi connectivity index (χ1n) is 5.04. The van der Waals surface area contributed by atoms with Crippen LogP contribution in [0.4, 0.5) is 0 Å². The minimum Gasteiger partial charge on any atom is -0.320 e. The standard InChI is InChI=1S/C13H10BrClIN/c14-9-3-1-8(2-4-9)13(17)11-7-10(15)5-6-12(11)16/h1-7,13H,17H2. The Bertz CT molecular complexity index is 527. The predicted octanol–water partition coefficient (Wildman–Crippen LogP) is 4.76. The van der Waals surface area contributed by atoms with Crippen molar-refractivity contribution in [1.82, 2.24) is 0 Å². The first-order chi connectivity index (χ1) is 8.08. The van der Waals surface area contributed by atoms with Crippen molar-refractivity contribution in [1.29, 1.82) is 0 Å². The molecule has 0 aliphatic heterocycles. The molecule has 2 aromatic rings. The van der Waals surface area contributed by atoms with E-state index in [9.17, 15) is 0 Å². The van der Waals surface area contributed by atoms with Crippen LogP contribution >= 0.6 is 50.1 Å². The van der Waals surface area contributed by atoms with E-state index in [1.165, 1.54) is 0 Å². The molecule has 0 bridgehead atoms. The van der Waals surface area contributed by atoms with Gasteiger partial charge >= 0.3 is 0 Å². The molecule has 1 atom stereocenters. The summed E-state index contributed by atoms with van der Waals surface area (Å²) in [7, 11) is 0. The monoisotopic (exact) mass is 421 g/mol. The molecular weight excluding hydrogens is 412 g/mol. The lowest BCUT2D eigenvalue weighted by molar-refractivity contribution is 0.865. The molecule has 0 amide bonds. The highest BCUT2D eigenvalue weighted by Gasteiger charge is 2.12. The quantitative estimate of drug-likeness (QED) is 0.695. The average Bonchev–Trinajstić information content (AvgIpc) is 2.32. The van der Waals surface area contributed by atoms with Gasteiger partial charge in [-0.25, -0.2) is 0 Å². The summed E-state index contributed by atoms with van der Waals surface area (Å²) in [5.74, 6) is 0. The summed E-state index contributed by atoms with van der Waals surface area (Å²) in [6, 6.07) is 13.7. The molecule has 4 heteroatoms. The second-order valence-electron chi connectivity index (χ2n) is 3.70. The third kappa shape index (κ3) is 3.22. The Morgan fingerprint density at radius 2 is 1.76 bits per heavy atom. The van der Waals surface area contributed by atoms with Gasteiger partial charge in [0.05, 0.1) is 6.04 Å². The molecule has 0 aliphatic rings. The van der Waals surface area contributed by atoms with Crippen molar-refractivity contribution in [2.45, 2.75) is 6.04 Å². The maximum Gasteiger partial charge on any atom is 0.0562 e. The predicted molar refractivity (Wildman–Crippen MR) is 84.3 cm³/mol. The maximum atomic E-state index is 6.26. The molecule has 0 aromatic heterocycles. The Kier molecular flexibility index (Phi) is 4.47. The normalized spacial score (nSPS) is 12.5. The van der Waals surface area contributed by atoms with Crippen molar-refractivity contribution in [2.24, 2.45) is 5.73 Å². The fraction of sp³-hybridized carbons (Fsp3) is 0.0769. The molecule has 0 saturated heterocycles. The molecular formula is C13H10BrClIN. The summed E-state index contributed by atoms with van der Waals surface area (Å²) in [5.41, 5.74) is 8.39. The molecule has 1 unspecified atom stereocenters. The van der Waals surface area contributed by atoms with E-state index in [-0.39, 0.29) is 6.04 Å².